The Morgan fingerprint density at radius 1 is 0.920 bits per heavy atom. The Morgan fingerprint density at radius 3 is 2.24 bits per heavy atom. The van der Waals surface area contributed by atoms with E-state index in [1.165, 1.54) is 0 Å². The predicted octanol–water partition coefficient (Wildman–Crippen LogP) is 2.93. The van der Waals surface area contributed by atoms with Gasteiger partial charge in [-0.05, 0) is 19.8 Å². The van der Waals surface area contributed by atoms with Crippen molar-refractivity contribution in [2.45, 2.75) is 39.5 Å². The van der Waals surface area contributed by atoms with E-state index in [9.17, 15) is 0 Å². The second-order valence-corrected chi connectivity index (χ2v) is 5.98. The molecule has 0 aliphatic carbocycles. The van der Waals surface area contributed by atoms with Crippen molar-refractivity contribution in [3.63, 3.8) is 0 Å². The molecule has 0 saturated heterocycles. The maximum Gasteiger partial charge on any atom is 0.242 e. The van der Waals surface area contributed by atoms with E-state index >= 15 is 0 Å². The van der Waals surface area contributed by atoms with Gasteiger partial charge < -0.3 is 11.5 Å². The number of anilines is 2. The zero-order valence-electron chi connectivity index (χ0n) is 14.6. The zero-order chi connectivity index (χ0) is 17.8. The normalized spacial score (nSPS) is 11.0. The molecule has 0 atom stereocenters. The number of hydrogen-bond acceptors (Lipinski definition) is 6. The van der Waals surface area contributed by atoms with Gasteiger partial charge in [0.05, 0.1) is 5.69 Å². The molecular weight excluding hydrogens is 314 g/mol. The number of nitrogens with zero attached hydrogens (tertiary/aromatic N) is 5. The summed E-state index contributed by atoms with van der Waals surface area (Å²) in [5, 5.41) is 0. The summed E-state index contributed by atoms with van der Waals surface area (Å²) in [7, 11) is 0. The van der Waals surface area contributed by atoms with Crippen molar-refractivity contribution in [2.75, 3.05) is 11.5 Å². The van der Waals surface area contributed by atoms with E-state index in [1.807, 2.05) is 41.8 Å². The molecule has 0 unspecified atom stereocenters. The van der Waals surface area contributed by atoms with Crippen LogP contribution in [0.25, 0.3) is 17.3 Å². The molecule has 4 N–H and O–H groups in total. The van der Waals surface area contributed by atoms with Crippen molar-refractivity contribution >= 4 is 11.9 Å². The Bertz CT molecular complexity index is 835. The Hall–Kier alpha value is -2.96. The van der Waals surface area contributed by atoms with E-state index < -0.39 is 0 Å². The highest BCUT2D eigenvalue weighted by Gasteiger charge is 2.19. The van der Waals surface area contributed by atoms with Crippen LogP contribution in [0.5, 0.6) is 0 Å². The molecule has 0 amide bonds. The minimum Gasteiger partial charge on any atom is -0.368 e. The van der Waals surface area contributed by atoms with Crippen LogP contribution in [0.15, 0.2) is 30.3 Å². The Morgan fingerprint density at radius 2 is 1.60 bits per heavy atom. The van der Waals surface area contributed by atoms with Gasteiger partial charge in [0.2, 0.25) is 17.8 Å². The van der Waals surface area contributed by atoms with Crippen LogP contribution in [0, 0.1) is 6.92 Å². The molecule has 0 aliphatic heterocycles. The van der Waals surface area contributed by atoms with Crippen molar-refractivity contribution in [1.29, 1.82) is 0 Å². The van der Waals surface area contributed by atoms with Gasteiger partial charge in [0.1, 0.15) is 5.82 Å². The van der Waals surface area contributed by atoms with Crippen LogP contribution in [0.2, 0.25) is 0 Å². The number of aryl methyl sites for hydroxylation is 1. The summed E-state index contributed by atoms with van der Waals surface area (Å²) in [6.45, 7) is 4.20. The summed E-state index contributed by atoms with van der Waals surface area (Å²) in [5.74, 6) is 1.41. The lowest BCUT2D eigenvalue weighted by Gasteiger charge is -2.11. The number of nitrogens with two attached hydrogens (primary N) is 2. The molecule has 0 bridgehead atoms. The van der Waals surface area contributed by atoms with E-state index in [0.29, 0.717) is 5.95 Å². The predicted molar refractivity (Wildman–Crippen MR) is 99.2 cm³/mol. The molecule has 130 valence electrons. The molecule has 3 rings (SSSR count). The third-order valence-electron chi connectivity index (χ3n) is 4.08. The molecule has 2 heterocycles. The van der Waals surface area contributed by atoms with Crippen molar-refractivity contribution in [1.82, 2.24) is 24.5 Å². The van der Waals surface area contributed by atoms with E-state index in [1.54, 1.807) is 0 Å². The monoisotopic (exact) mass is 337 g/mol. The molecule has 2 aromatic heterocycles. The zero-order valence-corrected chi connectivity index (χ0v) is 14.6. The first-order valence-electron chi connectivity index (χ1n) is 8.51. The summed E-state index contributed by atoms with van der Waals surface area (Å²) >= 11 is 0. The molecule has 0 fully saturated rings. The van der Waals surface area contributed by atoms with Gasteiger partial charge in [-0.25, -0.2) is 4.98 Å². The van der Waals surface area contributed by atoms with Crippen LogP contribution < -0.4 is 11.5 Å². The third kappa shape index (κ3) is 3.60. The third-order valence-corrected chi connectivity index (χ3v) is 4.08. The van der Waals surface area contributed by atoms with Crippen molar-refractivity contribution in [3.05, 3.63) is 41.7 Å². The van der Waals surface area contributed by atoms with E-state index in [2.05, 4.69) is 21.9 Å². The average molecular weight is 337 g/mol. The maximum atomic E-state index is 5.79. The van der Waals surface area contributed by atoms with Crippen molar-refractivity contribution in [2.24, 2.45) is 0 Å². The lowest BCUT2D eigenvalue weighted by molar-refractivity contribution is 0.692. The Labute approximate surface area is 147 Å². The average Bonchev–Trinajstić information content (AvgIpc) is 2.92. The van der Waals surface area contributed by atoms with Gasteiger partial charge in [0, 0.05) is 11.3 Å². The number of rotatable bonds is 6. The molecule has 7 nitrogen and oxygen atoms in total. The summed E-state index contributed by atoms with van der Waals surface area (Å²) in [6, 6.07) is 9.97. The van der Waals surface area contributed by atoms with Gasteiger partial charge in [-0.2, -0.15) is 15.0 Å². The topological polar surface area (TPSA) is 109 Å². The Kier molecular flexibility index (Phi) is 4.92. The van der Waals surface area contributed by atoms with Crippen LogP contribution >= 0.6 is 0 Å². The van der Waals surface area contributed by atoms with Crippen molar-refractivity contribution < 1.29 is 0 Å². The first kappa shape index (κ1) is 16.9. The number of hydrogen-bond donors (Lipinski definition) is 2. The highest BCUT2D eigenvalue weighted by atomic mass is 15.3. The lowest BCUT2D eigenvalue weighted by Crippen LogP contribution is -2.12. The van der Waals surface area contributed by atoms with Crippen molar-refractivity contribution in [3.8, 4) is 17.3 Å². The molecule has 0 spiro atoms. The summed E-state index contributed by atoms with van der Waals surface area (Å²) in [4.78, 5) is 17.2. The van der Waals surface area contributed by atoms with Gasteiger partial charge in [-0.3, -0.25) is 4.57 Å². The van der Waals surface area contributed by atoms with Crippen LogP contribution in [0.4, 0.5) is 11.9 Å². The first-order valence-corrected chi connectivity index (χ1v) is 8.51. The fourth-order valence-corrected chi connectivity index (χ4v) is 2.89. The lowest BCUT2D eigenvalue weighted by atomic mass is 10.1. The molecule has 0 aliphatic rings. The van der Waals surface area contributed by atoms with Gasteiger partial charge in [0.25, 0.3) is 0 Å². The van der Waals surface area contributed by atoms with E-state index in [0.717, 1.165) is 48.5 Å². The second-order valence-electron chi connectivity index (χ2n) is 5.98. The molecule has 3 aromatic rings. The molecular formula is C18H23N7. The minimum atomic E-state index is 0.104. The summed E-state index contributed by atoms with van der Waals surface area (Å²) < 4.78 is 1.95. The minimum absolute atomic E-state index is 0.104. The van der Waals surface area contributed by atoms with Gasteiger partial charge in [-0.15, -0.1) is 0 Å². The summed E-state index contributed by atoms with van der Waals surface area (Å²) in [6.07, 6.45) is 4.29. The van der Waals surface area contributed by atoms with Gasteiger partial charge in [0.15, 0.2) is 0 Å². The standard InChI is InChI=1S/C18H23N7/c1-3-4-6-11-14-12(2)21-15(13-9-7-5-8-10-13)25(14)18-23-16(19)22-17(20)24-18/h5,7-10H,3-4,6,11H2,1-2H3,(H4,19,20,22,23,24). The van der Waals surface area contributed by atoms with Crippen LogP contribution in [-0.4, -0.2) is 24.5 Å². The van der Waals surface area contributed by atoms with Crippen LogP contribution in [0.1, 0.15) is 37.6 Å². The highest BCUT2D eigenvalue weighted by Crippen LogP contribution is 2.26. The number of unbranched alkanes of at least 4 members (excludes halogenated alkanes) is 2. The molecule has 0 radical (unpaired) electrons. The molecule has 0 saturated carbocycles. The second kappa shape index (κ2) is 7.29. The Balaban J connectivity index is 2.17. The largest absolute Gasteiger partial charge is 0.368 e. The molecule has 7 heteroatoms. The van der Waals surface area contributed by atoms with Crippen LogP contribution in [0.3, 0.4) is 0 Å². The van der Waals surface area contributed by atoms with Gasteiger partial charge in [-0.1, -0.05) is 50.1 Å². The van der Waals surface area contributed by atoms with Crippen LogP contribution in [-0.2, 0) is 6.42 Å². The fraction of sp³-hybridized carbons (Fsp3) is 0.333. The number of benzene rings is 1. The quantitative estimate of drug-likeness (QED) is 0.669. The fourth-order valence-electron chi connectivity index (χ4n) is 2.89. The molecule has 25 heavy (non-hydrogen) atoms. The summed E-state index contributed by atoms with van der Waals surface area (Å²) in [5.41, 5.74) is 14.6. The highest BCUT2D eigenvalue weighted by molar-refractivity contribution is 5.59. The number of aromatic nitrogens is 5. The number of nitrogen functional groups attached to an aromatic ring is 2. The smallest absolute Gasteiger partial charge is 0.242 e. The maximum absolute atomic E-state index is 5.79. The first-order chi connectivity index (χ1) is 12.1. The SMILES string of the molecule is CCCCCc1c(C)nc(-c2ccccc2)n1-c1nc(N)nc(N)n1. The van der Waals surface area contributed by atoms with Gasteiger partial charge >= 0.3 is 0 Å². The number of imidazole rings is 1. The molecule has 1 aromatic carbocycles. The van der Waals surface area contributed by atoms with E-state index in [4.69, 9.17) is 16.5 Å². The van der Waals surface area contributed by atoms with E-state index in [-0.39, 0.29) is 11.9 Å².